The molecule has 6 nitrogen and oxygen atoms in total. The highest BCUT2D eigenvalue weighted by Gasteiger charge is 2.19. The number of hydrogen-bond donors (Lipinski definition) is 2. The molecule has 0 saturated carbocycles. The van der Waals surface area contributed by atoms with Crippen LogP contribution >= 0.6 is 0 Å². The number of nitrogens with two attached hydrogens (primary N) is 2. The van der Waals surface area contributed by atoms with Crippen molar-refractivity contribution in [2.24, 2.45) is 21.5 Å². The molecule has 2 atom stereocenters. The van der Waals surface area contributed by atoms with Crippen molar-refractivity contribution in [3.63, 3.8) is 0 Å². The molecule has 0 spiro atoms. The standard InChI is InChI=1S/2C15H14N2O/c2*16-15-17-14(10-18-15)13-8-6-12(7-9-13)11-4-2-1-3-5-11/h2*1-9,14H,10H2,(H2,16,17)/t2*14-/m10/s1. The second kappa shape index (κ2) is 10.8. The molecule has 0 aromatic heterocycles. The number of benzene rings is 4. The quantitative estimate of drug-likeness (QED) is 0.408. The third-order valence-electron chi connectivity index (χ3n) is 6.15. The van der Waals surface area contributed by atoms with Crippen molar-refractivity contribution in [3.8, 4) is 22.3 Å². The third kappa shape index (κ3) is 5.55. The molecule has 2 heterocycles. The van der Waals surface area contributed by atoms with Gasteiger partial charge in [0.1, 0.15) is 25.3 Å². The number of amidine groups is 2. The first kappa shape index (κ1) is 23.2. The van der Waals surface area contributed by atoms with E-state index in [0.717, 1.165) is 11.1 Å². The van der Waals surface area contributed by atoms with Gasteiger partial charge in [0.05, 0.1) is 0 Å². The minimum absolute atomic E-state index is 0.0369. The van der Waals surface area contributed by atoms with Crippen molar-refractivity contribution in [1.82, 2.24) is 0 Å². The molecule has 2 aliphatic heterocycles. The molecule has 180 valence electrons. The van der Waals surface area contributed by atoms with Gasteiger partial charge in [-0.05, 0) is 33.4 Å². The summed E-state index contributed by atoms with van der Waals surface area (Å²) in [4.78, 5) is 8.47. The predicted molar refractivity (Wildman–Crippen MR) is 144 cm³/mol. The first-order valence-corrected chi connectivity index (χ1v) is 11.9. The third-order valence-corrected chi connectivity index (χ3v) is 6.15. The van der Waals surface area contributed by atoms with E-state index in [-0.39, 0.29) is 24.1 Å². The molecule has 6 heteroatoms. The zero-order chi connectivity index (χ0) is 24.7. The Labute approximate surface area is 210 Å². The fraction of sp³-hybridized carbons (Fsp3) is 0.133. The van der Waals surface area contributed by atoms with Crippen molar-refractivity contribution in [1.29, 1.82) is 0 Å². The van der Waals surface area contributed by atoms with Crippen LogP contribution in [-0.2, 0) is 9.47 Å². The number of rotatable bonds is 4. The fourth-order valence-electron chi connectivity index (χ4n) is 4.18. The van der Waals surface area contributed by atoms with E-state index in [9.17, 15) is 0 Å². The molecule has 6 rings (SSSR count). The van der Waals surface area contributed by atoms with Crippen molar-refractivity contribution < 1.29 is 9.47 Å². The van der Waals surface area contributed by atoms with Crippen LogP contribution in [0.2, 0.25) is 0 Å². The Morgan fingerprint density at radius 2 is 0.806 bits per heavy atom. The highest BCUT2D eigenvalue weighted by atomic mass is 16.5. The molecule has 0 saturated heterocycles. The van der Waals surface area contributed by atoms with Gasteiger partial charge in [-0.2, -0.15) is 0 Å². The lowest BCUT2D eigenvalue weighted by Crippen LogP contribution is -2.10. The molecule has 0 aliphatic carbocycles. The normalized spacial score (nSPS) is 18.2. The van der Waals surface area contributed by atoms with Gasteiger partial charge in [-0.1, -0.05) is 109 Å². The van der Waals surface area contributed by atoms with Crippen LogP contribution in [0.25, 0.3) is 22.3 Å². The fourth-order valence-corrected chi connectivity index (χ4v) is 4.18. The minimum Gasteiger partial charge on any atom is -0.463 e. The Balaban J connectivity index is 0.000000148. The van der Waals surface area contributed by atoms with Crippen LogP contribution in [0.3, 0.4) is 0 Å². The Hall–Kier alpha value is -4.58. The number of ether oxygens (including phenoxy) is 2. The zero-order valence-electron chi connectivity index (χ0n) is 19.8. The molecule has 0 fully saturated rings. The lowest BCUT2D eigenvalue weighted by molar-refractivity contribution is 0.315. The van der Waals surface area contributed by atoms with Crippen LogP contribution < -0.4 is 11.5 Å². The molecule has 0 unspecified atom stereocenters. The van der Waals surface area contributed by atoms with E-state index in [0.29, 0.717) is 13.2 Å². The van der Waals surface area contributed by atoms with E-state index in [1.165, 1.54) is 22.3 Å². The summed E-state index contributed by atoms with van der Waals surface area (Å²) in [6, 6.07) is 38.0. The van der Waals surface area contributed by atoms with Gasteiger partial charge >= 0.3 is 0 Å². The van der Waals surface area contributed by atoms with Crippen LogP contribution in [0, 0.1) is 0 Å². The summed E-state index contributed by atoms with van der Waals surface area (Å²) in [5.74, 6) is 0. The SMILES string of the molecule is NC1=N[C@@H](c2ccc(-c3ccccc3)cc2)CO1.NC1=N[C@H](c2ccc(-c3ccccc3)cc2)CO1. The van der Waals surface area contributed by atoms with Crippen LogP contribution in [0.1, 0.15) is 23.2 Å². The molecule has 0 bridgehead atoms. The lowest BCUT2D eigenvalue weighted by atomic mass is 10.0. The smallest absolute Gasteiger partial charge is 0.282 e. The van der Waals surface area contributed by atoms with Crippen LogP contribution in [-0.4, -0.2) is 25.3 Å². The van der Waals surface area contributed by atoms with Crippen molar-refractivity contribution >= 4 is 12.0 Å². The van der Waals surface area contributed by atoms with Crippen LogP contribution in [0.4, 0.5) is 0 Å². The van der Waals surface area contributed by atoms with Crippen molar-refractivity contribution in [2.75, 3.05) is 13.2 Å². The minimum atomic E-state index is 0.0369. The topological polar surface area (TPSA) is 95.2 Å². The van der Waals surface area contributed by atoms with Crippen LogP contribution in [0.5, 0.6) is 0 Å². The van der Waals surface area contributed by atoms with E-state index < -0.39 is 0 Å². The maximum Gasteiger partial charge on any atom is 0.282 e. The van der Waals surface area contributed by atoms with Crippen molar-refractivity contribution in [2.45, 2.75) is 12.1 Å². The Kier molecular flexibility index (Phi) is 6.94. The molecule has 2 aliphatic rings. The summed E-state index contributed by atoms with van der Waals surface area (Å²) in [6.45, 7) is 1.08. The van der Waals surface area contributed by atoms with Crippen LogP contribution in [0.15, 0.2) is 119 Å². The Bertz CT molecular complexity index is 1230. The first-order valence-electron chi connectivity index (χ1n) is 11.9. The zero-order valence-corrected chi connectivity index (χ0v) is 19.8. The van der Waals surface area contributed by atoms with Gasteiger partial charge in [-0.25, -0.2) is 9.98 Å². The maximum atomic E-state index is 5.51. The Morgan fingerprint density at radius 3 is 1.11 bits per heavy atom. The first-order chi connectivity index (χ1) is 17.7. The van der Waals surface area contributed by atoms with Gasteiger partial charge in [-0.15, -0.1) is 0 Å². The number of aliphatic imine (C=N–C) groups is 2. The van der Waals surface area contributed by atoms with E-state index in [4.69, 9.17) is 20.9 Å². The lowest BCUT2D eigenvalue weighted by Gasteiger charge is -2.07. The summed E-state index contributed by atoms with van der Waals surface area (Å²) >= 11 is 0. The molecule has 0 radical (unpaired) electrons. The summed E-state index contributed by atoms with van der Waals surface area (Å²) < 4.78 is 10.3. The molecule has 4 aromatic rings. The maximum absolute atomic E-state index is 5.51. The second-order valence-electron chi connectivity index (χ2n) is 8.56. The second-order valence-corrected chi connectivity index (χ2v) is 8.56. The predicted octanol–water partition coefficient (Wildman–Crippen LogP) is 5.48. The van der Waals surface area contributed by atoms with E-state index in [2.05, 4.69) is 82.8 Å². The molecule has 4 aromatic carbocycles. The van der Waals surface area contributed by atoms with E-state index in [1.54, 1.807) is 0 Å². The molecule has 36 heavy (non-hydrogen) atoms. The van der Waals surface area contributed by atoms with Gasteiger partial charge < -0.3 is 20.9 Å². The van der Waals surface area contributed by atoms with Gasteiger partial charge in [0, 0.05) is 0 Å². The summed E-state index contributed by atoms with van der Waals surface area (Å²) in [6.07, 6.45) is 0. The van der Waals surface area contributed by atoms with Gasteiger partial charge in [0.15, 0.2) is 0 Å². The van der Waals surface area contributed by atoms with Gasteiger partial charge in [0.2, 0.25) is 0 Å². The average Bonchev–Trinajstić information content (AvgIpc) is 3.58. The molecule has 4 N–H and O–H groups in total. The molecule has 0 amide bonds. The van der Waals surface area contributed by atoms with E-state index >= 15 is 0 Å². The summed E-state index contributed by atoms with van der Waals surface area (Å²) in [7, 11) is 0. The highest BCUT2D eigenvalue weighted by Crippen LogP contribution is 2.27. The summed E-state index contributed by atoms with van der Waals surface area (Å²) in [5, 5.41) is 0. The van der Waals surface area contributed by atoms with Crippen molar-refractivity contribution in [3.05, 3.63) is 120 Å². The largest absolute Gasteiger partial charge is 0.463 e. The highest BCUT2D eigenvalue weighted by molar-refractivity contribution is 5.74. The Morgan fingerprint density at radius 1 is 0.472 bits per heavy atom. The molecular weight excluding hydrogens is 448 g/mol. The monoisotopic (exact) mass is 476 g/mol. The molecular formula is C30H28N4O2. The average molecular weight is 477 g/mol. The number of hydrogen-bond acceptors (Lipinski definition) is 6. The van der Waals surface area contributed by atoms with Gasteiger partial charge in [-0.3, -0.25) is 0 Å². The summed E-state index contributed by atoms with van der Waals surface area (Å²) in [5.41, 5.74) is 18.1. The van der Waals surface area contributed by atoms with E-state index in [1.807, 2.05) is 36.4 Å². The number of nitrogens with zero attached hydrogens (tertiary/aromatic N) is 2. The van der Waals surface area contributed by atoms with Gasteiger partial charge in [0.25, 0.3) is 12.0 Å².